The number of anilines is 2. The standard InChI is InChI=1S/C20H25F3N4O3S/c1-13-15(27-9-8-20(12-27,30-4)11-26(2)3)10-14(21)19(18(13)23)31(28,29)25-17-7-5-6-16(22)24-17/h5-7,10H,8-9,11-12H2,1-4H3,(H,24,25)/t20-/m1/s1. The number of sulfonamides is 1. The van der Waals surface area contributed by atoms with E-state index in [2.05, 4.69) is 4.98 Å². The predicted octanol–water partition coefficient (Wildman–Crippen LogP) is 2.77. The van der Waals surface area contributed by atoms with Crippen LogP contribution >= 0.6 is 0 Å². The predicted molar refractivity (Wildman–Crippen MR) is 111 cm³/mol. The van der Waals surface area contributed by atoms with Crippen molar-refractivity contribution in [2.45, 2.75) is 23.8 Å². The molecule has 7 nitrogen and oxygen atoms in total. The van der Waals surface area contributed by atoms with Crippen molar-refractivity contribution in [3.63, 3.8) is 0 Å². The summed E-state index contributed by atoms with van der Waals surface area (Å²) in [5, 5.41) is 0. The summed E-state index contributed by atoms with van der Waals surface area (Å²) in [5.41, 5.74) is -0.251. The lowest BCUT2D eigenvalue weighted by atomic mass is 10.0. The van der Waals surface area contributed by atoms with Gasteiger partial charge in [0.15, 0.2) is 10.7 Å². The topological polar surface area (TPSA) is 74.8 Å². The van der Waals surface area contributed by atoms with E-state index in [1.165, 1.54) is 19.1 Å². The van der Waals surface area contributed by atoms with Gasteiger partial charge in [0.25, 0.3) is 10.0 Å². The van der Waals surface area contributed by atoms with E-state index in [0.29, 0.717) is 26.1 Å². The molecular formula is C20H25F3N4O3S. The van der Waals surface area contributed by atoms with E-state index in [9.17, 15) is 17.2 Å². The van der Waals surface area contributed by atoms with Gasteiger partial charge >= 0.3 is 0 Å². The molecule has 2 aromatic rings. The Morgan fingerprint density at radius 1 is 1.29 bits per heavy atom. The molecule has 170 valence electrons. The van der Waals surface area contributed by atoms with Gasteiger partial charge < -0.3 is 14.5 Å². The van der Waals surface area contributed by atoms with Gasteiger partial charge in [-0.05, 0) is 45.6 Å². The van der Waals surface area contributed by atoms with Crippen LogP contribution in [0.15, 0.2) is 29.2 Å². The smallest absolute Gasteiger partial charge is 0.268 e. The summed E-state index contributed by atoms with van der Waals surface area (Å²) in [6.45, 7) is 2.92. The first-order valence-electron chi connectivity index (χ1n) is 9.57. The van der Waals surface area contributed by atoms with Crippen molar-refractivity contribution in [1.29, 1.82) is 0 Å². The molecule has 1 aromatic carbocycles. The molecule has 1 aliphatic heterocycles. The highest BCUT2D eigenvalue weighted by atomic mass is 32.2. The van der Waals surface area contributed by atoms with Gasteiger partial charge in [0, 0.05) is 38.0 Å². The van der Waals surface area contributed by atoms with Crippen LogP contribution in [-0.4, -0.2) is 64.7 Å². The second-order valence-electron chi connectivity index (χ2n) is 7.89. The third-order valence-corrected chi connectivity index (χ3v) is 6.70. The Kier molecular flexibility index (Phi) is 6.49. The van der Waals surface area contributed by atoms with Crippen molar-refractivity contribution < 1.29 is 26.3 Å². The lowest BCUT2D eigenvalue weighted by Gasteiger charge is -2.31. The van der Waals surface area contributed by atoms with Crippen molar-refractivity contribution in [2.24, 2.45) is 0 Å². The van der Waals surface area contributed by atoms with Crippen LogP contribution in [0.2, 0.25) is 0 Å². The number of nitrogens with one attached hydrogen (secondary N) is 1. The Morgan fingerprint density at radius 3 is 2.61 bits per heavy atom. The molecule has 0 aliphatic carbocycles. The molecule has 0 spiro atoms. The first-order valence-corrected chi connectivity index (χ1v) is 11.1. The van der Waals surface area contributed by atoms with Gasteiger partial charge in [-0.3, -0.25) is 4.72 Å². The first-order chi connectivity index (χ1) is 14.5. The zero-order valence-electron chi connectivity index (χ0n) is 17.7. The summed E-state index contributed by atoms with van der Waals surface area (Å²) in [6, 6.07) is 4.43. The molecule has 3 rings (SSSR count). The van der Waals surface area contributed by atoms with Crippen LogP contribution in [0.5, 0.6) is 0 Å². The van der Waals surface area contributed by atoms with E-state index in [0.717, 1.165) is 12.1 Å². The maximum atomic E-state index is 15.1. The fourth-order valence-corrected chi connectivity index (χ4v) is 5.09. The molecule has 1 aromatic heterocycles. The molecule has 11 heteroatoms. The molecule has 1 saturated heterocycles. The van der Waals surface area contributed by atoms with Gasteiger partial charge in [0.2, 0.25) is 5.95 Å². The number of hydrogen-bond acceptors (Lipinski definition) is 6. The van der Waals surface area contributed by atoms with Gasteiger partial charge in [0.05, 0.1) is 5.60 Å². The average molecular weight is 459 g/mol. The van der Waals surface area contributed by atoms with E-state index in [4.69, 9.17) is 4.74 Å². The number of halogens is 3. The lowest BCUT2D eigenvalue weighted by Crippen LogP contribution is -2.44. The molecule has 0 amide bonds. The second kappa shape index (κ2) is 8.64. The Morgan fingerprint density at radius 2 is 2.00 bits per heavy atom. The molecule has 1 atom stereocenters. The monoisotopic (exact) mass is 458 g/mol. The zero-order chi connectivity index (χ0) is 23.0. The third-order valence-electron chi connectivity index (χ3n) is 5.31. The SMILES string of the molecule is CO[C@@]1(CN(C)C)CCN(c2cc(F)c(S(=O)(=O)Nc3cccc(F)n3)c(F)c2C)C1. The van der Waals surface area contributed by atoms with Gasteiger partial charge in [0.1, 0.15) is 11.6 Å². The van der Waals surface area contributed by atoms with Crippen molar-refractivity contribution >= 4 is 21.5 Å². The number of nitrogens with zero attached hydrogens (tertiary/aromatic N) is 3. The number of likely N-dealkylation sites (N-methyl/N-ethyl adjacent to an activating group) is 1. The van der Waals surface area contributed by atoms with Crippen LogP contribution < -0.4 is 9.62 Å². The molecule has 1 fully saturated rings. The highest BCUT2D eigenvalue weighted by Crippen LogP contribution is 2.36. The molecule has 1 aliphatic rings. The lowest BCUT2D eigenvalue weighted by molar-refractivity contribution is -0.0100. The van der Waals surface area contributed by atoms with E-state index < -0.39 is 38.1 Å². The largest absolute Gasteiger partial charge is 0.375 e. The van der Waals surface area contributed by atoms with Crippen LogP contribution in [0, 0.1) is 24.5 Å². The summed E-state index contributed by atoms with van der Waals surface area (Å²) in [7, 11) is 0.745. The fraction of sp³-hybridized carbons (Fsp3) is 0.450. The molecule has 0 saturated carbocycles. The van der Waals surface area contributed by atoms with Crippen molar-refractivity contribution in [3.05, 3.63) is 47.4 Å². The maximum absolute atomic E-state index is 15.1. The van der Waals surface area contributed by atoms with Crippen LogP contribution in [0.3, 0.4) is 0 Å². The van der Waals surface area contributed by atoms with Crippen molar-refractivity contribution in [2.75, 3.05) is 50.5 Å². The highest BCUT2D eigenvalue weighted by Gasteiger charge is 2.40. The summed E-state index contributed by atoms with van der Waals surface area (Å²) in [6.07, 6.45) is 0.650. The Balaban J connectivity index is 1.94. The van der Waals surface area contributed by atoms with Crippen LogP contribution in [0.4, 0.5) is 24.7 Å². The number of pyridine rings is 1. The van der Waals surface area contributed by atoms with Crippen LogP contribution in [-0.2, 0) is 14.8 Å². The quantitative estimate of drug-likeness (QED) is 0.644. The van der Waals surface area contributed by atoms with E-state index >= 15 is 4.39 Å². The molecule has 0 unspecified atom stereocenters. The number of ether oxygens (including phenoxy) is 1. The Hall–Kier alpha value is -2.37. The number of hydrogen-bond donors (Lipinski definition) is 1. The summed E-state index contributed by atoms with van der Waals surface area (Å²) >= 11 is 0. The molecule has 2 heterocycles. The van der Waals surface area contributed by atoms with Gasteiger partial charge in [-0.25, -0.2) is 22.2 Å². The van der Waals surface area contributed by atoms with Crippen LogP contribution in [0.25, 0.3) is 0 Å². The molecular weight excluding hydrogens is 433 g/mol. The second-order valence-corrected chi connectivity index (χ2v) is 9.51. The number of aromatic nitrogens is 1. The van der Waals surface area contributed by atoms with Gasteiger partial charge in [-0.2, -0.15) is 4.39 Å². The minimum Gasteiger partial charge on any atom is -0.375 e. The third kappa shape index (κ3) is 4.78. The summed E-state index contributed by atoms with van der Waals surface area (Å²) in [5.74, 6) is -3.76. The summed E-state index contributed by atoms with van der Waals surface area (Å²) in [4.78, 5) is 5.99. The molecule has 0 radical (unpaired) electrons. The Bertz CT molecular complexity index is 1080. The van der Waals surface area contributed by atoms with Gasteiger partial charge in [-0.15, -0.1) is 0 Å². The minimum absolute atomic E-state index is 0.00858. The number of benzene rings is 1. The van der Waals surface area contributed by atoms with E-state index in [1.807, 2.05) is 23.7 Å². The minimum atomic E-state index is -4.68. The van der Waals surface area contributed by atoms with E-state index in [-0.39, 0.29) is 17.1 Å². The average Bonchev–Trinajstić information content (AvgIpc) is 3.07. The summed E-state index contributed by atoms with van der Waals surface area (Å²) < 4.78 is 76.1. The number of methoxy groups -OCH3 is 1. The zero-order valence-corrected chi connectivity index (χ0v) is 18.6. The fourth-order valence-electron chi connectivity index (χ4n) is 3.90. The Labute approximate surface area is 179 Å². The number of rotatable bonds is 7. The highest BCUT2D eigenvalue weighted by molar-refractivity contribution is 7.92. The van der Waals surface area contributed by atoms with Crippen molar-refractivity contribution in [1.82, 2.24) is 9.88 Å². The van der Waals surface area contributed by atoms with Gasteiger partial charge in [-0.1, -0.05) is 6.07 Å². The first kappa shape index (κ1) is 23.3. The van der Waals surface area contributed by atoms with E-state index in [1.54, 1.807) is 12.0 Å². The molecule has 31 heavy (non-hydrogen) atoms. The normalized spacial score (nSPS) is 19.3. The molecule has 0 bridgehead atoms. The van der Waals surface area contributed by atoms with Crippen molar-refractivity contribution in [3.8, 4) is 0 Å². The van der Waals surface area contributed by atoms with Crippen LogP contribution in [0.1, 0.15) is 12.0 Å². The molecule has 1 N–H and O–H groups in total. The maximum Gasteiger partial charge on any atom is 0.268 e.